The maximum Gasteiger partial charge on any atom is 0.123 e. The van der Waals surface area contributed by atoms with E-state index in [1.54, 1.807) is 6.07 Å². The largest absolute Gasteiger partial charge is 0.391 e. The van der Waals surface area contributed by atoms with Gasteiger partial charge >= 0.3 is 0 Å². The number of hydrogen-bond donors (Lipinski definition) is 2. The van der Waals surface area contributed by atoms with Crippen LogP contribution >= 0.6 is 12.4 Å². The Hall–Kier alpha value is -0.640. The lowest BCUT2D eigenvalue weighted by Gasteiger charge is -2.20. The van der Waals surface area contributed by atoms with Gasteiger partial charge in [0.2, 0.25) is 0 Å². The Bertz CT molecular complexity index is 368. The van der Waals surface area contributed by atoms with E-state index in [0.717, 1.165) is 24.0 Å². The Morgan fingerprint density at radius 1 is 1.44 bits per heavy atom. The van der Waals surface area contributed by atoms with Crippen LogP contribution in [0.4, 0.5) is 4.39 Å². The van der Waals surface area contributed by atoms with Crippen LogP contribution in [0.2, 0.25) is 0 Å². The fourth-order valence-electron chi connectivity index (χ4n) is 1.93. The molecule has 2 nitrogen and oxygen atoms in total. The van der Waals surface area contributed by atoms with E-state index in [-0.39, 0.29) is 18.2 Å². The standard InChI is InChI=1S/C12H16FNO.ClH/c1-7-6-9(13)4-5-10(7)11(14)12(15)8-2-3-8;/h4-6,8,11-12,15H,2-3,14H2,1H3;1H/t11-,12+;/m0./s1. The predicted molar refractivity (Wildman–Crippen MR) is 64.0 cm³/mol. The summed E-state index contributed by atoms with van der Waals surface area (Å²) in [6, 6.07) is 4.12. The summed E-state index contributed by atoms with van der Waals surface area (Å²) in [5.41, 5.74) is 7.61. The monoisotopic (exact) mass is 245 g/mol. The van der Waals surface area contributed by atoms with Crippen molar-refractivity contribution >= 4 is 12.4 Å². The summed E-state index contributed by atoms with van der Waals surface area (Å²) < 4.78 is 12.9. The van der Waals surface area contributed by atoms with E-state index in [1.807, 2.05) is 6.92 Å². The number of rotatable bonds is 3. The molecule has 0 unspecified atom stereocenters. The minimum Gasteiger partial charge on any atom is -0.391 e. The number of aryl methyl sites for hydroxylation is 1. The summed E-state index contributed by atoms with van der Waals surface area (Å²) >= 11 is 0. The van der Waals surface area contributed by atoms with E-state index < -0.39 is 12.1 Å². The minimum atomic E-state index is -0.492. The molecule has 16 heavy (non-hydrogen) atoms. The zero-order valence-corrected chi connectivity index (χ0v) is 10.0. The van der Waals surface area contributed by atoms with E-state index in [2.05, 4.69) is 0 Å². The smallest absolute Gasteiger partial charge is 0.123 e. The van der Waals surface area contributed by atoms with Gasteiger partial charge in [0.05, 0.1) is 12.1 Å². The van der Waals surface area contributed by atoms with Crippen molar-refractivity contribution in [3.05, 3.63) is 35.1 Å². The maximum atomic E-state index is 12.9. The first kappa shape index (κ1) is 13.4. The van der Waals surface area contributed by atoms with Gasteiger partial charge in [-0.15, -0.1) is 12.4 Å². The van der Waals surface area contributed by atoms with Crippen LogP contribution in [0.3, 0.4) is 0 Å². The number of halogens is 2. The molecule has 0 saturated heterocycles. The third-order valence-electron chi connectivity index (χ3n) is 3.06. The van der Waals surface area contributed by atoms with Gasteiger partial charge in [-0.2, -0.15) is 0 Å². The van der Waals surface area contributed by atoms with Crippen molar-refractivity contribution in [2.75, 3.05) is 0 Å². The number of nitrogens with two attached hydrogens (primary N) is 1. The molecule has 0 amide bonds. The zero-order valence-electron chi connectivity index (χ0n) is 9.19. The van der Waals surface area contributed by atoms with Crippen LogP contribution in [0.25, 0.3) is 0 Å². The van der Waals surface area contributed by atoms with Gasteiger partial charge in [-0.1, -0.05) is 6.07 Å². The van der Waals surface area contributed by atoms with Gasteiger partial charge in [0.15, 0.2) is 0 Å². The number of aliphatic hydroxyl groups excluding tert-OH is 1. The second kappa shape index (κ2) is 5.13. The van der Waals surface area contributed by atoms with Crippen LogP contribution < -0.4 is 5.73 Å². The summed E-state index contributed by atoms with van der Waals surface area (Å²) in [7, 11) is 0. The van der Waals surface area contributed by atoms with Gasteiger partial charge < -0.3 is 10.8 Å². The molecule has 1 aromatic carbocycles. The normalized spacial score (nSPS) is 18.8. The van der Waals surface area contributed by atoms with E-state index in [0.29, 0.717) is 5.92 Å². The molecular weight excluding hydrogens is 229 g/mol. The zero-order chi connectivity index (χ0) is 11.0. The van der Waals surface area contributed by atoms with Crippen LogP contribution in [-0.2, 0) is 0 Å². The lowest BCUT2D eigenvalue weighted by molar-refractivity contribution is 0.122. The fourth-order valence-corrected chi connectivity index (χ4v) is 1.93. The Kier molecular flexibility index (Phi) is 4.30. The molecule has 2 atom stereocenters. The summed E-state index contributed by atoms with van der Waals surface area (Å²) in [5, 5.41) is 9.89. The van der Waals surface area contributed by atoms with E-state index in [1.165, 1.54) is 12.1 Å². The first-order chi connectivity index (χ1) is 7.09. The van der Waals surface area contributed by atoms with Crippen LogP contribution in [-0.4, -0.2) is 11.2 Å². The average Bonchev–Trinajstić information content (AvgIpc) is 2.99. The Balaban J connectivity index is 0.00000128. The topological polar surface area (TPSA) is 46.2 Å². The average molecular weight is 246 g/mol. The first-order valence-corrected chi connectivity index (χ1v) is 5.29. The molecule has 3 N–H and O–H groups in total. The summed E-state index contributed by atoms with van der Waals surface area (Å²) in [5.74, 6) is 0.0776. The first-order valence-electron chi connectivity index (χ1n) is 5.29. The summed E-state index contributed by atoms with van der Waals surface area (Å²) in [6.45, 7) is 1.82. The minimum absolute atomic E-state index is 0. The molecule has 1 fully saturated rings. The molecule has 4 heteroatoms. The highest BCUT2D eigenvalue weighted by Crippen LogP contribution is 2.37. The van der Waals surface area contributed by atoms with Gasteiger partial charge in [-0.25, -0.2) is 4.39 Å². The molecule has 1 aromatic rings. The fraction of sp³-hybridized carbons (Fsp3) is 0.500. The molecule has 1 aliphatic rings. The number of hydrogen-bond acceptors (Lipinski definition) is 2. The molecule has 1 saturated carbocycles. The van der Waals surface area contributed by atoms with Crippen molar-refractivity contribution in [1.29, 1.82) is 0 Å². The van der Waals surface area contributed by atoms with Crippen molar-refractivity contribution in [3.8, 4) is 0 Å². The van der Waals surface area contributed by atoms with E-state index in [4.69, 9.17) is 5.73 Å². The van der Waals surface area contributed by atoms with Gasteiger partial charge in [0, 0.05) is 0 Å². The lowest BCUT2D eigenvalue weighted by atomic mass is 9.95. The lowest BCUT2D eigenvalue weighted by Crippen LogP contribution is -2.28. The Morgan fingerprint density at radius 3 is 2.56 bits per heavy atom. The van der Waals surface area contributed by atoms with E-state index in [9.17, 15) is 9.50 Å². The van der Waals surface area contributed by atoms with Crippen molar-refractivity contribution in [1.82, 2.24) is 0 Å². The Morgan fingerprint density at radius 2 is 2.06 bits per heavy atom. The van der Waals surface area contributed by atoms with Gasteiger partial charge in [0.25, 0.3) is 0 Å². The number of aliphatic hydroxyl groups is 1. The van der Waals surface area contributed by atoms with Crippen LogP contribution in [0.1, 0.15) is 30.0 Å². The quantitative estimate of drug-likeness (QED) is 0.859. The molecule has 1 aliphatic carbocycles. The molecule has 0 heterocycles. The number of benzene rings is 1. The van der Waals surface area contributed by atoms with Gasteiger partial charge in [-0.05, 0) is 48.9 Å². The molecule has 0 aromatic heterocycles. The molecule has 0 bridgehead atoms. The molecule has 2 rings (SSSR count). The van der Waals surface area contributed by atoms with Crippen LogP contribution in [0.5, 0.6) is 0 Å². The van der Waals surface area contributed by atoms with Crippen molar-refractivity contribution in [2.45, 2.75) is 31.9 Å². The molecule has 0 spiro atoms. The second-order valence-electron chi connectivity index (χ2n) is 4.35. The van der Waals surface area contributed by atoms with E-state index >= 15 is 0 Å². The van der Waals surface area contributed by atoms with Crippen LogP contribution in [0, 0.1) is 18.7 Å². The van der Waals surface area contributed by atoms with Crippen molar-refractivity contribution < 1.29 is 9.50 Å². The second-order valence-corrected chi connectivity index (χ2v) is 4.35. The van der Waals surface area contributed by atoms with Crippen molar-refractivity contribution in [2.24, 2.45) is 11.7 Å². The molecule has 0 aliphatic heterocycles. The maximum absolute atomic E-state index is 12.9. The van der Waals surface area contributed by atoms with Crippen LogP contribution in [0.15, 0.2) is 18.2 Å². The third kappa shape index (κ3) is 2.73. The van der Waals surface area contributed by atoms with Gasteiger partial charge in [-0.3, -0.25) is 0 Å². The van der Waals surface area contributed by atoms with Gasteiger partial charge in [0.1, 0.15) is 5.82 Å². The highest BCUT2D eigenvalue weighted by Gasteiger charge is 2.34. The summed E-state index contributed by atoms with van der Waals surface area (Å²) in [6.07, 6.45) is 1.61. The highest BCUT2D eigenvalue weighted by molar-refractivity contribution is 5.85. The molecular formula is C12H17ClFNO. The predicted octanol–water partition coefficient (Wildman–Crippen LogP) is 2.33. The van der Waals surface area contributed by atoms with Crippen molar-refractivity contribution in [3.63, 3.8) is 0 Å². The molecule has 90 valence electrons. The Labute approximate surface area is 101 Å². The SMILES string of the molecule is Cc1cc(F)ccc1[C@H](N)[C@H](O)C1CC1.Cl. The third-order valence-corrected chi connectivity index (χ3v) is 3.06. The highest BCUT2D eigenvalue weighted by atomic mass is 35.5. The molecule has 0 radical (unpaired) electrons. The summed E-state index contributed by atoms with van der Waals surface area (Å²) in [4.78, 5) is 0.